The average Bonchev–Trinajstić information content (AvgIpc) is 3.41. The highest BCUT2D eigenvalue weighted by molar-refractivity contribution is 5.76. The van der Waals surface area contributed by atoms with E-state index in [-0.39, 0.29) is 11.9 Å². The summed E-state index contributed by atoms with van der Waals surface area (Å²) in [5, 5.41) is 0. The van der Waals surface area contributed by atoms with Crippen molar-refractivity contribution in [3.63, 3.8) is 0 Å². The quantitative estimate of drug-likeness (QED) is 0.801. The van der Waals surface area contributed by atoms with E-state index in [1.54, 1.807) is 12.5 Å². The molecule has 4 heterocycles. The van der Waals surface area contributed by atoms with Crippen LogP contribution in [0.25, 0.3) is 0 Å². The summed E-state index contributed by atoms with van der Waals surface area (Å²) in [7, 11) is 0. The van der Waals surface area contributed by atoms with Crippen molar-refractivity contribution in [2.75, 3.05) is 19.6 Å². The smallest absolute Gasteiger partial charge is 0.224 e. The Labute approximate surface area is 154 Å². The number of aromatic nitrogens is 3. The first-order valence-corrected chi connectivity index (χ1v) is 9.73. The normalized spacial score (nSPS) is 20.8. The number of amides is 1. The number of aryl methyl sites for hydroxylation is 1. The molecule has 1 atom stereocenters. The highest BCUT2D eigenvalue weighted by Crippen LogP contribution is 2.31. The van der Waals surface area contributed by atoms with Crippen LogP contribution >= 0.6 is 0 Å². The van der Waals surface area contributed by atoms with Crippen molar-refractivity contribution in [3.8, 4) is 0 Å². The van der Waals surface area contributed by atoms with Crippen LogP contribution in [0.2, 0.25) is 0 Å². The first kappa shape index (κ1) is 17.2. The van der Waals surface area contributed by atoms with Gasteiger partial charge in [-0.25, -0.2) is 4.98 Å². The van der Waals surface area contributed by atoms with Gasteiger partial charge in [-0.05, 0) is 50.9 Å². The number of imidazole rings is 1. The van der Waals surface area contributed by atoms with Crippen molar-refractivity contribution in [2.45, 2.75) is 51.2 Å². The summed E-state index contributed by atoms with van der Waals surface area (Å²) in [6, 6.07) is 6.42. The van der Waals surface area contributed by atoms with Crippen molar-refractivity contribution in [1.82, 2.24) is 24.3 Å². The maximum Gasteiger partial charge on any atom is 0.224 e. The van der Waals surface area contributed by atoms with Crippen molar-refractivity contribution >= 4 is 5.91 Å². The molecule has 2 fully saturated rings. The fraction of sp³-hybridized carbons (Fsp3) is 0.550. The van der Waals surface area contributed by atoms with Gasteiger partial charge in [-0.2, -0.15) is 0 Å². The van der Waals surface area contributed by atoms with Crippen LogP contribution in [0.15, 0.2) is 36.9 Å². The third-order valence-electron chi connectivity index (χ3n) is 5.47. The van der Waals surface area contributed by atoms with Crippen LogP contribution < -0.4 is 0 Å². The Morgan fingerprint density at radius 1 is 1.15 bits per heavy atom. The molecule has 0 N–H and O–H groups in total. The second-order valence-corrected chi connectivity index (χ2v) is 7.33. The van der Waals surface area contributed by atoms with Crippen molar-refractivity contribution in [3.05, 3.63) is 48.3 Å². The van der Waals surface area contributed by atoms with Crippen LogP contribution in [0.1, 0.15) is 49.5 Å². The van der Waals surface area contributed by atoms with Crippen molar-refractivity contribution in [2.24, 2.45) is 0 Å². The van der Waals surface area contributed by atoms with E-state index in [2.05, 4.69) is 28.1 Å². The van der Waals surface area contributed by atoms with Crippen LogP contribution in [0.5, 0.6) is 0 Å². The van der Waals surface area contributed by atoms with Gasteiger partial charge in [0.2, 0.25) is 5.91 Å². The lowest BCUT2D eigenvalue weighted by molar-refractivity contribution is -0.132. The molecular weight excluding hydrogens is 326 g/mol. The highest BCUT2D eigenvalue weighted by atomic mass is 16.2. The number of likely N-dealkylation sites (tertiary alicyclic amines) is 2. The molecule has 26 heavy (non-hydrogen) atoms. The summed E-state index contributed by atoms with van der Waals surface area (Å²) < 4.78 is 1.96. The molecule has 4 rings (SSSR count). The number of hydrogen-bond donors (Lipinski definition) is 0. The monoisotopic (exact) mass is 353 g/mol. The second kappa shape index (κ2) is 7.99. The topological polar surface area (TPSA) is 54.3 Å². The molecule has 2 aliphatic rings. The Hall–Kier alpha value is -2.21. The highest BCUT2D eigenvalue weighted by Gasteiger charge is 2.30. The summed E-state index contributed by atoms with van der Waals surface area (Å²) in [6.45, 7) is 4.80. The van der Waals surface area contributed by atoms with Gasteiger partial charge >= 0.3 is 0 Å². The fourth-order valence-electron chi connectivity index (χ4n) is 4.10. The van der Waals surface area contributed by atoms with E-state index in [4.69, 9.17) is 4.98 Å². The summed E-state index contributed by atoms with van der Waals surface area (Å²) in [6.07, 6.45) is 10.6. The van der Waals surface area contributed by atoms with E-state index in [1.165, 1.54) is 25.9 Å². The van der Waals surface area contributed by atoms with Crippen molar-refractivity contribution < 1.29 is 4.79 Å². The standard InChI is InChI=1S/C20H27N5O/c26-20(8-13-24-14-9-21-16-24)25-12-4-7-19(25)18-6-3-5-17(22-18)15-23-10-1-2-11-23/h3,5-6,9,14,16,19H,1-2,4,7-8,10-13,15H2/t19-/m0/s1. The van der Waals surface area contributed by atoms with Crippen LogP contribution in [-0.2, 0) is 17.9 Å². The molecule has 0 spiro atoms. The molecule has 0 aliphatic carbocycles. The van der Waals surface area contributed by atoms with E-state index in [1.807, 2.05) is 15.7 Å². The third-order valence-corrected chi connectivity index (χ3v) is 5.47. The number of rotatable bonds is 6. The molecule has 1 amide bonds. The minimum absolute atomic E-state index is 0.129. The zero-order valence-corrected chi connectivity index (χ0v) is 15.3. The summed E-state index contributed by atoms with van der Waals surface area (Å²) in [5.41, 5.74) is 2.18. The molecule has 2 aliphatic heterocycles. The van der Waals surface area contributed by atoms with Crippen molar-refractivity contribution in [1.29, 1.82) is 0 Å². The minimum atomic E-state index is 0.129. The lowest BCUT2D eigenvalue weighted by Crippen LogP contribution is -2.31. The summed E-state index contributed by atoms with van der Waals surface area (Å²) in [5.74, 6) is 0.216. The van der Waals surface area contributed by atoms with Gasteiger partial charge in [0.05, 0.1) is 23.8 Å². The average molecular weight is 353 g/mol. The molecule has 2 saturated heterocycles. The Kier molecular flexibility index (Phi) is 5.29. The number of hydrogen-bond acceptors (Lipinski definition) is 4. The molecule has 2 aromatic heterocycles. The molecule has 0 saturated carbocycles. The van der Waals surface area contributed by atoms with E-state index in [0.29, 0.717) is 13.0 Å². The largest absolute Gasteiger partial charge is 0.337 e. The lowest BCUT2D eigenvalue weighted by Gasteiger charge is -2.25. The fourth-order valence-corrected chi connectivity index (χ4v) is 4.10. The Morgan fingerprint density at radius 3 is 2.85 bits per heavy atom. The van der Waals surface area contributed by atoms with E-state index >= 15 is 0 Å². The molecule has 0 radical (unpaired) electrons. The van der Waals surface area contributed by atoms with Gasteiger partial charge in [0.1, 0.15) is 0 Å². The van der Waals surface area contributed by atoms with Gasteiger partial charge < -0.3 is 9.47 Å². The molecule has 6 heteroatoms. The SMILES string of the molecule is O=C(CCn1ccnc1)N1CCC[C@H]1c1cccc(CN2CCCC2)n1. The number of carbonyl (C=O) groups excluding carboxylic acids is 1. The molecule has 2 aromatic rings. The molecule has 0 bridgehead atoms. The van der Waals surface area contributed by atoms with Gasteiger partial charge in [0.15, 0.2) is 0 Å². The maximum atomic E-state index is 12.7. The second-order valence-electron chi connectivity index (χ2n) is 7.33. The van der Waals surface area contributed by atoms with Crippen LogP contribution in [0, 0.1) is 0 Å². The van der Waals surface area contributed by atoms with Gasteiger partial charge in [0.25, 0.3) is 0 Å². The van der Waals surface area contributed by atoms with Crippen LogP contribution in [0.3, 0.4) is 0 Å². The first-order chi connectivity index (χ1) is 12.8. The van der Waals surface area contributed by atoms with E-state index < -0.39 is 0 Å². The predicted octanol–water partition coefficient (Wildman–Crippen LogP) is 2.63. The zero-order valence-electron chi connectivity index (χ0n) is 15.3. The molecule has 138 valence electrons. The van der Waals surface area contributed by atoms with Crippen LogP contribution in [0.4, 0.5) is 0 Å². The zero-order chi connectivity index (χ0) is 17.8. The number of carbonyl (C=O) groups is 1. The van der Waals surface area contributed by atoms with Gasteiger partial charge in [-0.3, -0.25) is 14.7 Å². The lowest BCUT2D eigenvalue weighted by atomic mass is 10.1. The first-order valence-electron chi connectivity index (χ1n) is 9.73. The third kappa shape index (κ3) is 3.96. The van der Waals surface area contributed by atoms with Gasteiger partial charge in [-0.15, -0.1) is 0 Å². The molecule has 6 nitrogen and oxygen atoms in total. The minimum Gasteiger partial charge on any atom is -0.337 e. The predicted molar refractivity (Wildman–Crippen MR) is 99.3 cm³/mol. The van der Waals surface area contributed by atoms with E-state index in [0.717, 1.165) is 37.3 Å². The number of pyridine rings is 1. The van der Waals surface area contributed by atoms with Gasteiger partial charge in [-0.1, -0.05) is 6.07 Å². The number of nitrogens with zero attached hydrogens (tertiary/aromatic N) is 5. The summed E-state index contributed by atoms with van der Waals surface area (Å²) >= 11 is 0. The summed E-state index contributed by atoms with van der Waals surface area (Å²) in [4.78, 5) is 26.2. The Balaban J connectivity index is 1.41. The molecular formula is C20H27N5O. The molecule has 0 aromatic carbocycles. The van der Waals surface area contributed by atoms with E-state index in [9.17, 15) is 4.79 Å². The Bertz CT molecular complexity index is 724. The van der Waals surface area contributed by atoms with Gasteiger partial charge in [0, 0.05) is 38.4 Å². The Morgan fingerprint density at radius 2 is 2.04 bits per heavy atom. The molecule has 0 unspecified atom stereocenters. The van der Waals surface area contributed by atoms with Crippen LogP contribution in [-0.4, -0.2) is 49.9 Å². The maximum absolute atomic E-state index is 12.7.